The number of carboxylic acids is 1. The van der Waals surface area contributed by atoms with Gasteiger partial charge in [-0.3, -0.25) is 4.79 Å². The molecule has 0 saturated carbocycles. The highest BCUT2D eigenvalue weighted by atomic mass is 16.4. The van der Waals surface area contributed by atoms with Gasteiger partial charge in [0.2, 0.25) is 0 Å². The summed E-state index contributed by atoms with van der Waals surface area (Å²) in [6.07, 6.45) is 10.0. The van der Waals surface area contributed by atoms with Gasteiger partial charge < -0.3 is 10.0 Å². The van der Waals surface area contributed by atoms with E-state index < -0.39 is 5.97 Å². The molecule has 1 atom stereocenters. The molecule has 0 aliphatic heterocycles. The zero-order valence-corrected chi connectivity index (χ0v) is 13.2. The van der Waals surface area contributed by atoms with E-state index in [0.29, 0.717) is 6.54 Å². The normalized spacial score (nSPS) is 12.8. The van der Waals surface area contributed by atoms with Crippen LogP contribution in [0.4, 0.5) is 0 Å². The van der Waals surface area contributed by atoms with Crippen molar-refractivity contribution in [1.29, 1.82) is 0 Å². The van der Waals surface area contributed by atoms with E-state index in [-0.39, 0.29) is 5.92 Å². The van der Waals surface area contributed by atoms with Gasteiger partial charge in [0, 0.05) is 6.54 Å². The Labute approximate surface area is 119 Å². The van der Waals surface area contributed by atoms with E-state index >= 15 is 0 Å². The second-order valence-corrected chi connectivity index (χ2v) is 5.66. The van der Waals surface area contributed by atoms with E-state index in [2.05, 4.69) is 18.7 Å². The van der Waals surface area contributed by atoms with Crippen molar-refractivity contribution < 1.29 is 9.90 Å². The molecule has 0 bridgehead atoms. The van der Waals surface area contributed by atoms with Crippen LogP contribution in [0.15, 0.2) is 0 Å². The highest BCUT2D eigenvalue weighted by molar-refractivity contribution is 5.69. The van der Waals surface area contributed by atoms with Gasteiger partial charge in [-0.2, -0.15) is 0 Å². The van der Waals surface area contributed by atoms with E-state index in [1.165, 1.54) is 51.4 Å². The summed E-state index contributed by atoms with van der Waals surface area (Å²) in [5.74, 6) is -0.927. The van der Waals surface area contributed by atoms with Crippen molar-refractivity contribution in [2.75, 3.05) is 19.6 Å². The maximum atomic E-state index is 11.0. The predicted molar refractivity (Wildman–Crippen MR) is 81.5 cm³/mol. The number of rotatable bonds is 13. The second-order valence-electron chi connectivity index (χ2n) is 5.66. The van der Waals surface area contributed by atoms with Gasteiger partial charge in [0.1, 0.15) is 0 Å². The van der Waals surface area contributed by atoms with Crippen molar-refractivity contribution in [2.45, 2.75) is 72.1 Å². The van der Waals surface area contributed by atoms with Gasteiger partial charge in [-0.15, -0.1) is 0 Å². The first-order valence-electron chi connectivity index (χ1n) is 8.06. The van der Waals surface area contributed by atoms with Crippen molar-refractivity contribution in [1.82, 2.24) is 4.90 Å². The van der Waals surface area contributed by atoms with Crippen LogP contribution >= 0.6 is 0 Å². The van der Waals surface area contributed by atoms with Crippen LogP contribution in [-0.4, -0.2) is 35.6 Å². The third-order valence-corrected chi connectivity index (χ3v) is 3.61. The standard InChI is InChI=1S/C16H33NO2/c1-4-6-8-9-11-13-17(12-10-7-5-2)14-15(3)16(18)19/h15H,4-14H2,1-3H3,(H,18,19). The number of nitrogens with zero attached hydrogens (tertiary/aromatic N) is 1. The van der Waals surface area contributed by atoms with E-state index in [4.69, 9.17) is 5.11 Å². The summed E-state index contributed by atoms with van der Waals surface area (Å²) < 4.78 is 0. The van der Waals surface area contributed by atoms with Crippen LogP contribution in [0.25, 0.3) is 0 Å². The molecule has 0 fully saturated rings. The van der Waals surface area contributed by atoms with Gasteiger partial charge in [-0.25, -0.2) is 0 Å². The SMILES string of the molecule is CCCCCCCN(CCCCC)CC(C)C(=O)O. The van der Waals surface area contributed by atoms with Gasteiger partial charge in [-0.05, 0) is 25.9 Å². The average molecular weight is 271 g/mol. The molecular formula is C16H33NO2. The number of hydrogen-bond donors (Lipinski definition) is 1. The van der Waals surface area contributed by atoms with Crippen LogP contribution in [-0.2, 0) is 4.79 Å². The van der Waals surface area contributed by atoms with Crippen molar-refractivity contribution in [3.05, 3.63) is 0 Å². The molecular weight excluding hydrogens is 238 g/mol. The molecule has 3 heteroatoms. The van der Waals surface area contributed by atoms with Gasteiger partial charge in [0.05, 0.1) is 5.92 Å². The van der Waals surface area contributed by atoms with Crippen LogP contribution in [0.5, 0.6) is 0 Å². The molecule has 0 rings (SSSR count). The third kappa shape index (κ3) is 11.0. The quantitative estimate of drug-likeness (QED) is 0.511. The Bertz CT molecular complexity index is 219. The number of carboxylic acid groups (broad SMARTS) is 1. The fourth-order valence-electron chi connectivity index (χ4n) is 2.28. The second kappa shape index (κ2) is 12.5. The lowest BCUT2D eigenvalue weighted by molar-refractivity contribution is -0.141. The van der Waals surface area contributed by atoms with E-state index in [0.717, 1.165) is 13.1 Å². The lowest BCUT2D eigenvalue weighted by Crippen LogP contribution is -2.33. The van der Waals surface area contributed by atoms with Gasteiger partial charge in [0.15, 0.2) is 0 Å². The Morgan fingerprint density at radius 3 is 1.95 bits per heavy atom. The van der Waals surface area contributed by atoms with E-state index in [9.17, 15) is 4.79 Å². The van der Waals surface area contributed by atoms with Crippen molar-refractivity contribution in [3.63, 3.8) is 0 Å². The molecule has 0 saturated heterocycles. The zero-order valence-electron chi connectivity index (χ0n) is 13.2. The number of hydrogen-bond acceptors (Lipinski definition) is 2. The minimum atomic E-state index is -0.675. The Kier molecular flexibility index (Phi) is 12.1. The molecule has 0 aromatic carbocycles. The largest absolute Gasteiger partial charge is 0.481 e. The average Bonchev–Trinajstić information content (AvgIpc) is 2.38. The summed E-state index contributed by atoms with van der Waals surface area (Å²) in [5, 5.41) is 9.02. The lowest BCUT2D eigenvalue weighted by atomic mass is 10.1. The molecule has 0 aromatic rings. The third-order valence-electron chi connectivity index (χ3n) is 3.61. The molecule has 0 radical (unpaired) electrons. The molecule has 0 aliphatic carbocycles. The Morgan fingerprint density at radius 2 is 1.42 bits per heavy atom. The molecule has 1 N–H and O–H groups in total. The minimum absolute atomic E-state index is 0.253. The van der Waals surface area contributed by atoms with Crippen LogP contribution < -0.4 is 0 Å². The first kappa shape index (κ1) is 18.4. The minimum Gasteiger partial charge on any atom is -0.481 e. The molecule has 3 nitrogen and oxygen atoms in total. The fraction of sp³-hybridized carbons (Fsp3) is 0.938. The monoisotopic (exact) mass is 271 g/mol. The molecule has 0 aliphatic rings. The number of carbonyl (C=O) groups is 1. The maximum Gasteiger partial charge on any atom is 0.307 e. The molecule has 0 amide bonds. The van der Waals surface area contributed by atoms with Gasteiger partial charge >= 0.3 is 5.97 Å². The summed E-state index contributed by atoms with van der Waals surface area (Å²) in [6.45, 7) is 9.06. The molecule has 1 unspecified atom stereocenters. The molecule has 0 aromatic heterocycles. The summed E-state index contributed by atoms with van der Waals surface area (Å²) in [7, 11) is 0. The van der Waals surface area contributed by atoms with Crippen molar-refractivity contribution in [2.24, 2.45) is 5.92 Å². The number of aliphatic carboxylic acids is 1. The van der Waals surface area contributed by atoms with E-state index in [1.54, 1.807) is 0 Å². The predicted octanol–water partition coefficient (Wildman–Crippen LogP) is 4.17. The van der Waals surface area contributed by atoms with Crippen molar-refractivity contribution in [3.8, 4) is 0 Å². The van der Waals surface area contributed by atoms with Crippen LogP contribution in [0.2, 0.25) is 0 Å². The highest BCUT2D eigenvalue weighted by Crippen LogP contribution is 2.08. The first-order chi connectivity index (χ1) is 9.11. The molecule has 114 valence electrons. The molecule has 19 heavy (non-hydrogen) atoms. The van der Waals surface area contributed by atoms with Crippen LogP contribution in [0.3, 0.4) is 0 Å². The topological polar surface area (TPSA) is 40.5 Å². The van der Waals surface area contributed by atoms with Crippen LogP contribution in [0, 0.1) is 5.92 Å². The maximum absolute atomic E-state index is 11.0. The summed E-state index contributed by atoms with van der Waals surface area (Å²) in [4.78, 5) is 13.3. The van der Waals surface area contributed by atoms with Gasteiger partial charge in [-0.1, -0.05) is 59.3 Å². The summed E-state index contributed by atoms with van der Waals surface area (Å²) >= 11 is 0. The lowest BCUT2D eigenvalue weighted by Gasteiger charge is -2.24. The van der Waals surface area contributed by atoms with E-state index in [1.807, 2.05) is 6.92 Å². The highest BCUT2D eigenvalue weighted by Gasteiger charge is 2.15. The Balaban J connectivity index is 3.92. The van der Waals surface area contributed by atoms with Crippen molar-refractivity contribution >= 4 is 5.97 Å². The molecule has 0 heterocycles. The van der Waals surface area contributed by atoms with Gasteiger partial charge in [0.25, 0.3) is 0 Å². The van der Waals surface area contributed by atoms with Crippen LogP contribution in [0.1, 0.15) is 72.1 Å². The smallest absolute Gasteiger partial charge is 0.307 e. The summed E-state index contributed by atoms with van der Waals surface area (Å²) in [6, 6.07) is 0. The number of unbranched alkanes of at least 4 members (excludes halogenated alkanes) is 6. The fourth-order valence-corrected chi connectivity index (χ4v) is 2.28. The Hall–Kier alpha value is -0.570. The summed E-state index contributed by atoms with van der Waals surface area (Å²) in [5.41, 5.74) is 0. The first-order valence-corrected chi connectivity index (χ1v) is 8.06. The Morgan fingerprint density at radius 1 is 0.947 bits per heavy atom. The zero-order chi connectivity index (χ0) is 14.5. The molecule has 0 spiro atoms.